The summed E-state index contributed by atoms with van der Waals surface area (Å²) in [6.45, 7) is 7.68. The highest BCUT2D eigenvalue weighted by Crippen LogP contribution is 2.26. The van der Waals surface area contributed by atoms with Crippen LogP contribution in [-0.2, 0) is 51.2 Å². The van der Waals surface area contributed by atoms with E-state index in [1.165, 1.54) is 0 Å². The molecule has 3 N–H and O–H groups in total. The third-order valence-electron chi connectivity index (χ3n) is 5.20. The topological polar surface area (TPSA) is 178 Å². The molecule has 0 radical (unpaired) electrons. The number of amides is 2. The number of nitrogens with two attached hydrogens (primary N) is 1. The van der Waals surface area contributed by atoms with E-state index in [4.69, 9.17) is 34.5 Å². The van der Waals surface area contributed by atoms with Crippen molar-refractivity contribution in [1.82, 2.24) is 19.9 Å². The molecule has 14 nitrogen and oxygen atoms in total. The van der Waals surface area contributed by atoms with Gasteiger partial charge < -0.3 is 34.5 Å². The fraction of sp³-hybridized carbons (Fsp3) is 0.783. The molecule has 15 heteroatoms. The molecule has 2 unspecified atom stereocenters. The van der Waals surface area contributed by atoms with Crippen molar-refractivity contribution < 1.29 is 43.2 Å². The minimum absolute atomic E-state index is 0.00938. The molecule has 0 saturated carbocycles. The molecule has 2 atom stereocenters. The largest absolute Gasteiger partial charge is 0.480 e. The minimum atomic E-state index is -1.15. The molecule has 0 aliphatic carbocycles. The van der Waals surface area contributed by atoms with Crippen LogP contribution in [0.1, 0.15) is 25.5 Å². The smallest absolute Gasteiger partial charge is 0.321 e. The summed E-state index contributed by atoms with van der Waals surface area (Å²) in [5.41, 5.74) is 5.94. The summed E-state index contributed by atoms with van der Waals surface area (Å²) in [4.78, 5) is 36.8. The van der Waals surface area contributed by atoms with Gasteiger partial charge in [0.05, 0.1) is 84.0 Å². The zero-order valence-corrected chi connectivity index (χ0v) is 22.6. The number of carboxylic acid groups (broad SMARTS) is 1. The monoisotopic (exact) mass is 561 g/mol. The average Bonchev–Trinajstić information content (AvgIpc) is 3.46. The van der Waals surface area contributed by atoms with Gasteiger partial charge in [0, 0.05) is 18.8 Å². The molecule has 0 bridgehead atoms. The van der Waals surface area contributed by atoms with Gasteiger partial charge in [0.2, 0.25) is 11.8 Å². The van der Waals surface area contributed by atoms with Gasteiger partial charge in [-0.05, 0) is 6.42 Å². The van der Waals surface area contributed by atoms with Crippen LogP contribution in [-0.4, -0.2) is 126 Å². The molecule has 2 heterocycles. The highest BCUT2D eigenvalue weighted by molar-refractivity contribution is 8.00. The number of thioether (sulfide) groups is 1. The standard InChI is InChI=1S/C23H39N5O9S/c1-2-4-33-6-8-35-10-12-37-13-11-36-9-7-34-5-3-27-15-18(25-26-27)16-28-21(29)14-20(22(28)30)38-17-19(24)23(31)32/h15,19-20H,2-14,16-17,24H2,1H3,(H,31,32). The Hall–Kier alpha value is -2.14. The van der Waals surface area contributed by atoms with E-state index >= 15 is 0 Å². The number of aromatic nitrogens is 3. The van der Waals surface area contributed by atoms with Crippen LogP contribution >= 0.6 is 11.8 Å². The Bertz CT molecular complexity index is 844. The second-order valence-electron chi connectivity index (χ2n) is 8.32. The molecule has 1 aliphatic rings. The molecule has 1 aliphatic heterocycles. The normalized spacial score (nSPS) is 16.5. The molecule has 38 heavy (non-hydrogen) atoms. The lowest BCUT2D eigenvalue weighted by molar-refractivity contribution is -0.139. The molecular weight excluding hydrogens is 522 g/mol. The highest BCUT2D eigenvalue weighted by atomic mass is 32.2. The van der Waals surface area contributed by atoms with Crippen LogP contribution in [0.3, 0.4) is 0 Å². The van der Waals surface area contributed by atoms with E-state index in [1.807, 2.05) is 0 Å². The van der Waals surface area contributed by atoms with E-state index in [9.17, 15) is 14.4 Å². The number of hydrogen-bond donors (Lipinski definition) is 2. The number of carbonyl (C=O) groups is 3. The maximum Gasteiger partial charge on any atom is 0.321 e. The summed E-state index contributed by atoms with van der Waals surface area (Å²) >= 11 is 1.08. The number of likely N-dealkylation sites (tertiary alicyclic amines) is 1. The van der Waals surface area contributed by atoms with E-state index in [1.54, 1.807) is 10.9 Å². The zero-order chi connectivity index (χ0) is 27.6. The number of hydrogen-bond acceptors (Lipinski definition) is 12. The maximum atomic E-state index is 12.5. The van der Waals surface area contributed by atoms with E-state index in [-0.39, 0.29) is 30.5 Å². The van der Waals surface area contributed by atoms with Gasteiger partial charge in [-0.25, -0.2) is 4.68 Å². The number of imide groups is 1. The number of ether oxygens (including phenoxy) is 5. The lowest BCUT2D eigenvalue weighted by Crippen LogP contribution is -2.34. The Morgan fingerprint density at radius 1 is 1.03 bits per heavy atom. The summed E-state index contributed by atoms with van der Waals surface area (Å²) in [5, 5.41) is 16.2. The van der Waals surface area contributed by atoms with E-state index in [2.05, 4.69) is 17.2 Å². The van der Waals surface area contributed by atoms with E-state index in [0.29, 0.717) is 71.7 Å². The van der Waals surface area contributed by atoms with Crippen LogP contribution in [0.4, 0.5) is 0 Å². The molecular formula is C23H39N5O9S. The van der Waals surface area contributed by atoms with Gasteiger partial charge in [-0.15, -0.1) is 16.9 Å². The number of carbonyl (C=O) groups excluding carboxylic acids is 2. The molecule has 2 rings (SSSR count). The molecule has 1 saturated heterocycles. The van der Waals surface area contributed by atoms with Gasteiger partial charge >= 0.3 is 5.97 Å². The van der Waals surface area contributed by atoms with Crippen LogP contribution in [0.15, 0.2) is 6.20 Å². The third-order valence-corrected chi connectivity index (χ3v) is 6.53. The summed E-state index contributed by atoms with van der Waals surface area (Å²) < 4.78 is 28.7. The molecule has 0 spiro atoms. The number of carboxylic acids is 1. The molecule has 0 aromatic carbocycles. The number of nitrogens with zero attached hydrogens (tertiary/aromatic N) is 4. The first-order chi connectivity index (χ1) is 18.4. The molecule has 1 aromatic heterocycles. The van der Waals surface area contributed by atoms with Crippen molar-refractivity contribution >= 4 is 29.5 Å². The number of rotatable bonds is 23. The van der Waals surface area contributed by atoms with E-state index < -0.39 is 17.3 Å². The van der Waals surface area contributed by atoms with E-state index in [0.717, 1.165) is 29.7 Å². The summed E-state index contributed by atoms with van der Waals surface area (Å²) in [6, 6.07) is -1.09. The second kappa shape index (κ2) is 19.0. The Kier molecular flexibility index (Phi) is 16.0. The molecule has 2 amide bonds. The first-order valence-electron chi connectivity index (χ1n) is 12.6. The first kappa shape index (κ1) is 32.1. The molecule has 1 aromatic rings. The van der Waals surface area contributed by atoms with Crippen molar-refractivity contribution in [3.05, 3.63) is 11.9 Å². The summed E-state index contributed by atoms with van der Waals surface area (Å²) in [7, 11) is 0. The van der Waals surface area contributed by atoms with Crippen LogP contribution in [0.25, 0.3) is 0 Å². The van der Waals surface area contributed by atoms with Crippen molar-refractivity contribution in [2.45, 2.75) is 44.1 Å². The first-order valence-corrected chi connectivity index (χ1v) is 13.7. The number of aliphatic carboxylic acids is 1. The molecule has 216 valence electrons. The Balaban J connectivity index is 1.48. The van der Waals surface area contributed by atoms with Crippen molar-refractivity contribution in [2.24, 2.45) is 5.73 Å². The van der Waals surface area contributed by atoms with Gasteiger partial charge in [0.1, 0.15) is 11.7 Å². The van der Waals surface area contributed by atoms with Gasteiger partial charge in [-0.1, -0.05) is 12.1 Å². The Morgan fingerprint density at radius 2 is 1.58 bits per heavy atom. The summed E-state index contributed by atoms with van der Waals surface area (Å²) in [6.07, 6.45) is 2.67. The fourth-order valence-corrected chi connectivity index (χ4v) is 4.32. The lowest BCUT2D eigenvalue weighted by atomic mass is 10.3. The Labute approximate surface area is 226 Å². The summed E-state index contributed by atoms with van der Waals surface area (Å²) in [5.74, 6) is -1.80. The van der Waals surface area contributed by atoms with Crippen molar-refractivity contribution in [3.63, 3.8) is 0 Å². The van der Waals surface area contributed by atoms with Crippen molar-refractivity contribution in [1.29, 1.82) is 0 Å². The van der Waals surface area contributed by atoms with Crippen LogP contribution in [0.5, 0.6) is 0 Å². The highest BCUT2D eigenvalue weighted by Gasteiger charge is 2.39. The predicted octanol–water partition coefficient (Wildman–Crippen LogP) is -0.456. The quantitative estimate of drug-likeness (QED) is 0.130. The fourth-order valence-electron chi connectivity index (χ4n) is 3.21. The lowest BCUT2D eigenvalue weighted by Gasteiger charge is -2.13. The van der Waals surface area contributed by atoms with Crippen LogP contribution in [0, 0.1) is 0 Å². The average molecular weight is 562 g/mol. The van der Waals surface area contributed by atoms with Crippen molar-refractivity contribution in [3.8, 4) is 0 Å². The minimum Gasteiger partial charge on any atom is -0.480 e. The third kappa shape index (κ3) is 12.6. The Morgan fingerprint density at radius 3 is 2.13 bits per heavy atom. The van der Waals surface area contributed by atoms with Gasteiger partial charge in [-0.2, -0.15) is 0 Å². The van der Waals surface area contributed by atoms with Gasteiger partial charge in [-0.3, -0.25) is 19.3 Å². The SMILES string of the molecule is CCCOCCOCCOCCOCCOCCn1cc(CN2C(=O)CC(SCC(N)C(=O)O)C2=O)nn1. The zero-order valence-electron chi connectivity index (χ0n) is 21.8. The maximum absolute atomic E-state index is 12.5. The predicted molar refractivity (Wildman–Crippen MR) is 136 cm³/mol. The van der Waals surface area contributed by atoms with Crippen LogP contribution in [0.2, 0.25) is 0 Å². The van der Waals surface area contributed by atoms with Crippen molar-refractivity contribution in [2.75, 3.05) is 71.8 Å². The van der Waals surface area contributed by atoms with Crippen LogP contribution < -0.4 is 5.73 Å². The second-order valence-corrected chi connectivity index (χ2v) is 9.56. The van der Waals surface area contributed by atoms with Gasteiger partial charge in [0.15, 0.2) is 0 Å². The molecule has 1 fully saturated rings. The van der Waals surface area contributed by atoms with Gasteiger partial charge in [0.25, 0.3) is 0 Å².